The highest BCUT2D eigenvalue weighted by Crippen LogP contribution is 2.32. The third-order valence-corrected chi connectivity index (χ3v) is 2.47. The van der Waals surface area contributed by atoms with Gasteiger partial charge in [-0.3, -0.25) is 4.79 Å². The number of ether oxygens (including phenoxy) is 1. The monoisotopic (exact) mass is 194 g/mol. The van der Waals surface area contributed by atoms with Gasteiger partial charge in [-0.1, -0.05) is 19.1 Å². The Kier molecular flexibility index (Phi) is 2.23. The molecule has 2 rings (SSSR count). The number of benzene rings is 1. The minimum absolute atomic E-state index is 0.0509. The number of halogens is 1. The van der Waals surface area contributed by atoms with Gasteiger partial charge in [0.05, 0.1) is 5.92 Å². The number of hydrogen-bond donors (Lipinski definition) is 0. The van der Waals surface area contributed by atoms with Crippen LogP contribution in [-0.4, -0.2) is 5.97 Å². The van der Waals surface area contributed by atoms with Gasteiger partial charge in [0.15, 0.2) is 0 Å². The Morgan fingerprint density at radius 1 is 1.36 bits per heavy atom. The summed E-state index contributed by atoms with van der Waals surface area (Å²) in [6.07, 6.45) is 0.489. The van der Waals surface area contributed by atoms with Crippen molar-refractivity contribution in [1.82, 2.24) is 0 Å². The minimum atomic E-state index is -0.272. The third-order valence-electron chi connectivity index (χ3n) is 2.47. The van der Waals surface area contributed by atoms with E-state index in [4.69, 9.17) is 4.74 Å². The van der Waals surface area contributed by atoms with Gasteiger partial charge in [-0.25, -0.2) is 4.39 Å². The van der Waals surface area contributed by atoms with Gasteiger partial charge in [-0.15, -0.1) is 0 Å². The molecule has 1 heterocycles. The summed E-state index contributed by atoms with van der Waals surface area (Å²) < 4.78 is 17.8. The Morgan fingerprint density at radius 3 is 2.50 bits per heavy atom. The van der Waals surface area contributed by atoms with Gasteiger partial charge in [0, 0.05) is 6.42 Å². The highest BCUT2D eigenvalue weighted by atomic mass is 19.1. The van der Waals surface area contributed by atoms with Crippen LogP contribution in [0.3, 0.4) is 0 Å². The van der Waals surface area contributed by atoms with Crippen LogP contribution >= 0.6 is 0 Å². The molecule has 3 heteroatoms. The molecule has 0 aromatic heterocycles. The molecule has 1 aromatic carbocycles. The summed E-state index contributed by atoms with van der Waals surface area (Å²) in [6.45, 7) is 1.84. The predicted molar refractivity (Wildman–Crippen MR) is 49.0 cm³/mol. The molecule has 0 spiro atoms. The molecule has 1 aromatic rings. The lowest BCUT2D eigenvalue weighted by Gasteiger charge is -2.08. The molecule has 1 fully saturated rings. The zero-order valence-electron chi connectivity index (χ0n) is 7.87. The van der Waals surface area contributed by atoms with Crippen LogP contribution in [0.5, 0.6) is 0 Å². The number of carbonyl (C=O) groups excluding carboxylic acids is 1. The Labute approximate surface area is 81.7 Å². The number of rotatable bonds is 1. The molecule has 1 aliphatic heterocycles. The minimum Gasteiger partial charge on any atom is -0.457 e. The van der Waals surface area contributed by atoms with Crippen molar-refractivity contribution in [1.29, 1.82) is 0 Å². The van der Waals surface area contributed by atoms with Crippen molar-refractivity contribution >= 4 is 5.97 Å². The molecular formula is C11H11FO2. The number of cyclic esters (lactones) is 1. The topological polar surface area (TPSA) is 26.3 Å². The molecule has 0 N–H and O–H groups in total. The lowest BCUT2D eigenvalue weighted by atomic mass is 10.0. The van der Waals surface area contributed by atoms with E-state index in [-0.39, 0.29) is 23.8 Å². The quantitative estimate of drug-likeness (QED) is 0.642. The van der Waals surface area contributed by atoms with Gasteiger partial charge < -0.3 is 4.74 Å². The summed E-state index contributed by atoms with van der Waals surface area (Å²) in [5.41, 5.74) is 0.865. The van der Waals surface area contributed by atoms with Crippen molar-refractivity contribution < 1.29 is 13.9 Å². The Balaban J connectivity index is 2.17. The second-order valence-corrected chi connectivity index (χ2v) is 3.61. The van der Waals surface area contributed by atoms with E-state index in [1.54, 1.807) is 12.1 Å². The summed E-state index contributed by atoms with van der Waals surface area (Å²) in [4.78, 5) is 11.1. The molecule has 0 saturated carbocycles. The number of carbonyl (C=O) groups is 1. The van der Waals surface area contributed by atoms with Gasteiger partial charge in [-0.05, 0) is 17.7 Å². The van der Waals surface area contributed by atoms with E-state index in [1.807, 2.05) is 6.92 Å². The molecule has 0 aliphatic carbocycles. The number of esters is 1. The third kappa shape index (κ3) is 1.62. The lowest BCUT2D eigenvalue weighted by molar-refractivity contribution is -0.144. The Bertz CT molecular complexity index is 345. The summed E-state index contributed by atoms with van der Waals surface area (Å²) >= 11 is 0. The van der Waals surface area contributed by atoms with Crippen LogP contribution in [0.1, 0.15) is 25.0 Å². The van der Waals surface area contributed by atoms with Crippen molar-refractivity contribution in [3.05, 3.63) is 35.6 Å². The zero-order chi connectivity index (χ0) is 10.1. The van der Waals surface area contributed by atoms with Gasteiger partial charge in [-0.2, -0.15) is 0 Å². The highest BCUT2D eigenvalue weighted by Gasteiger charge is 2.31. The van der Waals surface area contributed by atoms with Crippen LogP contribution < -0.4 is 0 Å². The maximum atomic E-state index is 12.6. The van der Waals surface area contributed by atoms with E-state index in [2.05, 4.69) is 0 Å². The fourth-order valence-electron chi connectivity index (χ4n) is 1.60. The first-order valence-corrected chi connectivity index (χ1v) is 4.63. The molecule has 14 heavy (non-hydrogen) atoms. The molecule has 1 saturated heterocycles. The first kappa shape index (κ1) is 9.19. The van der Waals surface area contributed by atoms with E-state index >= 15 is 0 Å². The fourth-order valence-corrected chi connectivity index (χ4v) is 1.60. The maximum Gasteiger partial charge on any atom is 0.309 e. The lowest BCUT2D eigenvalue weighted by Crippen LogP contribution is -2.01. The van der Waals surface area contributed by atoms with Gasteiger partial charge in [0.25, 0.3) is 0 Å². The van der Waals surface area contributed by atoms with Crippen LogP contribution in [-0.2, 0) is 9.53 Å². The smallest absolute Gasteiger partial charge is 0.309 e. The predicted octanol–water partition coefficient (Wildman–Crippen LogP) is 2.45. The molecule has 2 unspecified atom stereocenters. The molecule has 0 radical (unpaired) electrons. The number of hydrogen-bond acceptors (Lipinski definition) is 2. The van der Waals surface area contributed by atoms with Gasteiger partial charge in [0.2, 0.25) is 0 Å². The average Bonchev–Trinajstić information content (AvgIpc) is 2.48. The van der Waals surface area contributed by atoms with E-state index in [9.17, 15) is 9.18 Å². The SMILES string of the molecule is CC1CC(c2ccc(F)cc2)OC1=O. The summed E-state index contributed by atoms with van der Waals surface area (Å²) in [5.74, 6) is -0.490. The van der Waals surface area contributed by atoms with Crippen LogP contribution in [0, 0.1) is 11.7 Å². The fraction of sp³-hybridized carbons (Fsp3) is 0.364. The van der Waals surface area contributed by atoms with Crippen molar-refractivity contribution in [2.75, 3.05) is 0 Å². The average molecular weight is 194 g/mol. The standard InChI is InChI=1S/C11H11FO2/c1-7-6-10(14-11(7)13)8-2-4-9(12)5-3-8/h2-5,7,10H,6H2,1H3. The van der Waals surface area contributed by atoms with E-state index in [1.165, 1.54) is 12.1 Å². The summed E-state index contributed by atoms with van der Waals surface area (Å²) in [5, 5.41) is 0. The van der Waals surface area contributed by atoms with Crippen LogP contribution in [0.15, 0.2) is 24.3 Å². The second-order valence-electron chi connectivity index (χ2n) is 3.61. The maximum absolute atomic E-state index is 12.6. The largest absolute Gasteiger partial charge is 0.457 e. The zero-order valence-corrected chi connectivity index (χ0v) is 7.87. The molecule has 74 valence electrons. The second kappa shape index (κ2) is 3.40. The van der Waals surface area contributed by atoms with Crippen LogP contribution in [0.25, 0.3) is 0 Å². The first-order chi connectivity index (χ1) is 6.66. The Morgan fingerprint density at radius 2 is 2.00 bits per heavy atom. The van der Waals surface area contributed by atoms with E-state index < -0.39 is 0 Å². The van der Waals surface area contributed by atoms with Crippen molar-refractivity contribution in [2.45, 2.75) is 19.4 Å². The molecule has 0 bridgehead atoms. The first-order valence-electron chi connectivity index (χ1n) is 4.63. The van der Waals surface area contributed by atoms with Crippen molar-refractivity contribution in [2.24, 2.45) is 5.92 Å². The molecule has 2 nitrogen and oxygen atoms in total. The summed E-state index contributed by atoms with van der Waals surface area (Å²) in [7, 11) is 0. The normalized spacial score (nSPS) is 26.3. The molecule has 2 atom stereocenters. The molecule has 1 aliphatic rings. The molecule has 0 amide bonds. The van der Waals surface area contributed by atoms with Gasteiger partial charge >= 0.3 is 5.97 Å². The van der Waals surface area contributed by atoms with Crippen LogP contribution in [0.4, 0.5) is 4.39 Å². The van der Waals surface area contributed by atoms with Gasteiger partial charge in [0.1, 0.15) is 11.9 Å². The van der Waals surface area contributed by atoms with E-state index in [0.29, 0.717) is 6.42 Å². The van der Waals surface area contributed by atoms with Crippen molar-refractivity contribution in [3.63, 3.8) is 0 Å². The van der Waals surface area contributed by atoms with Crippen molar-refractivity contribution in [3.8, 4) is 0 Å². The molecular weight excluding hydrogens is 183 g/mol. The Hall–Kier alpha value is -1.38. The summed E-state index contributed by atoms with van der Waals surface area (Å²) in [6, 6.07) is 6.08. The van der Waals surface area contributed by atoms with E-state index in [0.717, 1.165) is 5.56 Å². The van der Waals surface area contributed by atoms with Crippen LogP contribution in [0.2, 0.25) is 0 Å². The highest BCUT2D eigenvalue weighted by molar-refractivity contribution is 5.74.